The monoisotopic (exact) mass is 414 g/mol. The lowest BCUT2D eigenvalue weighted by atomic mass is 10.0. The molecule has 0 unspecified atom stereocenters. The van der Waals surface area contributed by atoms with E-state index in [4.69, 9.17) is 14.2 Å². The molecule has 0 saturated heterocycles. The zero-order valence-corrected chi connectivity index (χ0v) is 17.4. The van der Waals surface area contributed by atoms with Crippen molar-refractivity contribution < 1.29 is 33.3 Å². The van der Waals surface area contributed by atoms with Gasteiger partial charge in [-0.1, -0.05) is 12.1 Å². The summed E-state index contributed by atoms with van der Waals surface area (Å²) in [5, 5.41) is 0. The summed E-state index contributed by atoms with van der Waals surface area (Å²) in [7, 11) is 4.39. The van der Waals surface area contributed by atoms with E-state index in [-0.39, 0.29) is 36.8 Å². The molecule has 0 atom stereocenters. The number of hydrogen-bond acceptors (Lipinski definition) is 7. The van der Waals surface area contributed by atoms with Crippen molar-refractivity contribution in [2.24, 2.45) is 0 Å². The van der Waals surface area contributed by atoms with Gasteiger partial charge in [-0.2, -0.15) is 0 Å². The average molecular weight is 414 g/mol. The molecule has 7 nitrogen and oxygen atoms in total. The van der Waals surface area contributed by atoms with Crippen LogP contribution in [0.3, 0.4) is 0 Å². The molecule has 2 aromatic carbocycles. The predicted molar refractivity (Wildman–Crippen MR) is 110 cm³/mol. The zero-order chi connectivity index (χ0) is 21.9. The third-order valence-corrected chi connectivity index (χ3v) is 4.48. The molecule has 0 N–H and O–H groups in total. The van der Waals surface area contributed by atoms with Gasteiger partial charge in [0.1, 0.15) is 17.2 Å². The number of carbonyl (C=O) groups excluding carboxylic acids is 3. The summed E-state index contributed by atoms with van der Waals surface area (Å²) < 4.78 is 20.3. The van der Waals surface area contributed by atoms with E-state index in [1.54, 1.807) is 31.4 Å². The summed E-state index contributed by atoms with van der Waals surface area (Å²) in [6, 6.07) is 11.9. The summed E-state index contributed by atoms with van der Waals surface area (Å²) >= 11 is 0. The van der Waals surface area contributed by atoms with Crippen LogP contribution in [-0.2, 0) is 20.7 Å². The van der Waals surface area contributed by atoms with Crippen molar-refractivity contribution >= 4 is 17.7 Å². The highest BCUT2D eigenvalue weighted by atomic mass is 16.5. The van der Waals surface area contributed by atoms with Crippen molar-refractivity contribution in [2.45, 2.75) is 32.1 Å². The Labute approximate surface area is 175 Å². The number of hydrogen-bond donors (Lipinski definition) is 0. The molecule has 7 heteroatoms. The fraction of sp³-hybridized carbons (Fsp3) is 0.348. The minimum Gasteiger partial charge on any atom is -0.497 e. The zero-order valence-electron chi connectivity index (χ0n) is 17.4. The van der Waals surface area contributed by atoms with Crippen LogP contribution in [0.4, 0.5) is 0 Å². The van der Waals surface area contributed by atoms with E-state index in [0.717, 1.165) is 5.56 Å². The number of rotatable bonds is 11. The summed E-state index contributed by atoms with van der Waals surface area (Å²) in [6.45, 7) is 0. The summed E-state index contributed by atoms with van der Waals surface area (Å²) in [6.07, 6.45) is 1.52. The SMILES string of the molecule is COC(=O)CCCCC(=O)Oc1cc(OC)ccc1C(=O)Cc1ccc(OC)cc1. The van der Waals surface area contributed by atoms with E-state index in [9.17, 15) is 14.4 Å². The number of ketones is 1. The number of unbranched alkanes of at least 4 members (excludes halogenated alkanes) is 1. The highest BCUT2D eigenvalue weighted by Crippen LogP contribution is 2.27. The van der Waals surface area contributed by atoms with Gasteiger partial charge in [0.05, 0.1) is 26.9 Å². The van der Waals surface area contributed by atoms with Crippen molar-refractivity contribution in [3.8, 4) is 17.2 Å². The third-order valence-electron chi connectivity index (χ3n) is 4.48. The Morgan fingerprint density at radius 3 is 1.97 bits per heavy atom. The molecule has 2 aromatic rings. The van der Waals surface area contributed by atoms with Crippen LogP contribution in [-0.4, -0.2) is 39.1 Å². The normalized spacial score (nSPS) is 10.2. The quantitative estimate of drug-likeness (QED) is 0.239. The van der Waals surface area contributed by atoms with Gasteiger partial charge in [-0.3, -0.25) is 14.4 Å². The van der Waals surface area contributed by atoms with Crippen LogP contribution in [0.1, 0.15) is 41.6 Å². The van der Waals surface area contributed by atoms with Gasteiger partial charge in [0.25, 0.3) is 0 Å². The van der Waals surface area contributed by atoms with Crippen molar-refractivity contribution in [2.75, 3.05) is 21.3 Å². The summed E-state index contributed by atoms with van der Waals surface area (Å²) in [5.41, 5.74) is 1.12. The molecule has 0 aliphatic rings. The topological polar surface area (TPSA) is 88.1 Å². The molecule has 0 radical (unpaired) electrons. The number of ether oxygens (including phenoxy) is 4. The van der Waals surface area contributed by atoms with E-state index in [0.29, 0.717) is 29.9 Å². The molecule has 0 heterocycles. The van der Waals surface area contributed by atoms with Gasteiger partial charge in [-0.25, -0.2) is 0 Å². The smallest absolute Gasteiger partial charge is 0.311 e. The number of benzene rings is 2. The first-order valence-corrected chi connectivity index (χ1v) is 9.58. The van der Waals surface area contributed by atoms with Gasteiger partial charge in [-0.05, 0) is 42.7 Å². The first kappa shape index (κ1) is 22.9. The molecule has 30 heavy (non-hydrogen) atoms. The Morgan fingerprint density at radius 1 is 0.767 bits per heavy atom. The van der Waals surface area contributed by atoms with Gasteiger partial charge in [0.15, 0.2) is 5.78 Å². The fourth-order valence-electron chi connectivity index (χ4n) is 2.78. The molecule has 2 rings (SSSR count). The molecule has 0 aromatic heterocycles. The predicted octanol–water partition coefficient (Wildman–Crippen LogP) is 3.77. The van der Waals surface area contributed by atoms with E-state index < -0.39 is 5.97 Å². The number of carbonyl (C=O) groups is 3. The molecule has 0 spiro atoms. The van der Waals surface area contributed by atoms with Crippen LogP contribution < -0.4 is 14.2 Å². The first-order valence-electron chi connectivity index (χ1n) is 9.58. The maximum absolute atomic E-state index is 12.8. The number of Topliss-reactive ketones (excluding diaryl/α,β-unsaturated/α-hetero) is 1. The Balaban J connectivity index is 2.05. The standard InChI is InChI=1S/C23H26O7/c1-27-17-10-8-16(9-11-17)14-20(24)19-13-12-18(28-2)15-21(19)30-23(26)7-5-4-6-22(25)29-3/h8-13,15H,4-7,14H2,1-3H3. The summed E-state index contributed by atoms with van der Waals surface area (Å²) in [4.78, 5) is 36.2. The van der Waals surface area contributed by atoms with Gasteiger partial charge in [-0.15, -0.1) is 0 Å². The van der Waals surface area contributed by atoms with Gasteiger partial charge < -0.3 is 18.9 Å². The molecule has 0 aliphatic carbocycles. The van der Waals surface area contributed by atoms with E-state index >= 15 is 0 Å². The van der Waals surface area contributed by atoms with E-state index in [2.05, 4.69) is 4.74 Å². The van der Waals surface area contributed by atoms with Crippen LogP contribution in [0.5, 0.6) is 17.2 Å². The minimum atomic E-state index is -0.480. The Kier molecular flexibility index (Phi) is 8.87. The minimum absolute atomic E-state index is 0.125. The maximum Gasteiger partial charge on any atom is 0.311 e. The van der Waals surface area contributed by atoms with Crippen LogP contribution >= 0.6 is 0 Å². The van der Waals surface area contributed by atoms with E-state index in [1.807, 2.05) is 12.1 Å². The molecule has 0 amide bonds. The Morgan fingerprint density at radius 2 is 1.37 bits per heavy atom. The van der Waals surface area contributed by atoms with Crippen molar-refractivity contribution in [3.05, 3.63) is 53.6 Å². The Hall–Kier alpha value is -3.35. The molecule has 0 fully saturated rings. The molecular weight excluding hydrogens is 388 g/mol. The molecule has 0 saturated carbocycles. The van der Waals surface area contributed by atoms with Gasteiger partial charge in [0.2, 0.25) is 0 Å². The highest BCUT2D eigenvalue weighted by molar-refractivity contribution is 6.00. The second kappa shape index (κ2) is 11.6. The number of methoxy groups -OCH3 is 3. The molecular formula is C23H26O7. The lowest BCUT2D eigenvalue weighted by Gasteiger charge is -2.11. The average Bonchev–Trinajstić information content (AvgIpc) is 2.76. The van der Waals surface area contributed by atoms with Crippen LogP contribution in [0.25, 0.3) is 0 Å². The fourth-order valence-corrected chi connectivity index (χ4v) is 2.78. The molecule has 0 aliphatic heterocycles. The molecule has 160 valence electrons. The third kappa shape index (κ3) is 6.92. The lowest BCUT2D eigenvalue weighted by molar-refractivity contribution is -0.141. The second-order valence-corrected chi connectivity index (χ2v) is 6.57. The van der Waals surface area contributed by atoms with Crippen LogP contribution in [0, 0.1) is 0 Å². The second-order valence-electron chi connectivity index (χ2n) is 6.57. The van der Waals surface area contributed by atoms with Gasteiger partial charge in [0, 0.05) is 25.3 Å². The Bertz CT molecular complexity index is 872. The highest BCUT2D eigenvalue weighted by Gasteiger charge is 2.17. The van der Waals surface area contributed by atoms with Crippen molar-refractivity contribution in [3.63, 3.8) is 0 Å². The van der Waals surface area contributed by atoms with Crippen molar-refractivity contribution in [1.82, 2.24) is 0 Å². The van der Waals surface area contributed by atoms with E-state index in [1.165, 1.54) is 20.3 Å². The summed E-state index contributed by atoms with van der Waals surface area (Å²) in [5.74, 6) is 0.360. The maximum atomic E-state index is 12.8. The van der Waals surface area contributed by atoms with Crippen molar-refractivity contribution in [1.29, 1.82) is 0 Å². The lowest BCUT2D eigenvalue weighted by Crippen LogP contribution is -2.12. The van der Waals surface area contributed by atoms with Gasteiger partial charge >= 0.3 is 11.9 Å². The van der Waals surface area contributed by atoms with Crippen LogP contribution in [0.2, 0.25) is 0 Å². The first-order chi connectivity index (χ1) is 14.5. The van der Waals surface area contributed by atoms with Crippen LogP contribution in [0.15, 0.2) is 42.5 Å². The number of esters is 2. The molecule has 0 bridgehead atoms. The largest absolute Gasteiger partial charge is 0.497 e.